The van der Waals surface area contributed by atoms with Gasteiger partial charge in [0.15, 0.2) is 6.10 Å². The van der Waals surface area contributed by atoms with E-state index in [1.807, 2.05) is 45.3 Å². The Morgan fingerprint density at radius 2 is 1.82 bits per heavy atom. The number of hydrogen-bond acceptors (Lipinski definition) is 5. The van der Waals surface area contributed by atoms with E-state index in [9.17, 15) is 4.79 Å². The van der Waals surface area contributed by atoms with Crippen LogP contribution in [0.15, 0.2) is 24.3 Å². The van der Waals surface area contributed by atoms with Crippen LogP contribution in [0.25, 0.3) is 0 Å². The molecular weight excluding hydrogens is 302 g/mol. The van der Waals surface area contributed by atoms with Crippen LogP contribution in [0.4, 0.5) is 0 Å². The number of nitrogens with zero attached hydrogens (tertiary/aromatic N) is 1. The summed E-state index contributed by atoms with van der Waals surface area (Å²) < 4.78 is 16.0. The van der Waals surface area contributed by atoms with Crippen LogP contribution in [0.1, 0.15) is 19.4 Å². The predicted molar refractivity (Wildman–Crippen MR) is 89.1 cm³/mol. The van der Waals surface area contributed by atoms with Crippen LogP contribution >= 0.6 is 12.2 Å². The molecule has 0 aliphatic rings. The molecule has 0 saturated heterocycles. The molecule has 1 atom stereocenters. The number of carbonyl (C=O) groups is 1. The topological polar surface area (TPSA) is 48.0 Å². The van der Waals surface area contributed by atoms with E-state index in [2.05, 4.69) is 0 Å². The van der Waals surface area contributed by atoms with E-state index >= 15 is 0 Å². The minimum absolute atomic E-state index is 0.335. The lowest BCUT2D eigenvalue weighted by molar-refractivity contribution is -0.156. The summed E-state index contributed by atoms with van der Waals surface area (Å²) in [5.74, 6) is 0.324. The summed E-state index contributed by atoms with van der Waals surface area (Å²) in [4.78, 5) is 13.5. The molecule has 22 heavy (non-hydrogen) atoms. The summed E-state index contributed by atoms with van der Waals surface area (Å²) >= 11 is 5.08. The van der Waals surface area contributed by atoms with Crippen molar-refractivity contribution < 1.29 is 19.0 Å². The Hall–Kier alpha value is -1.66. The second-order valence-electron chi connectivity index (χ2n) is 4.81. The van der Waals surface area contributed by atoms with Gasteiger partial charge in [0.05, 0.1) is 6.61 Å². The van der Waals surface area contributed by atoms with Crippen molar-refractivity contribution in [2.45, 2.75) is 26.4 Å². The van der Waals surface area contributed by atoms with Gasteiger partial charge in [-0.05, 0) is 43.8 Å². The highest BCUT2D eigenvalue weighted by atomic mass is 32.1. The average molecular weight is 325 g/mol. The molecule has 1 unspecified atom stereocenters. The molecule has 122 valence electrons. The van der Waals surface area contributed by atoms with Crippen molar-refractivity contribution in [1.29, 1.82) is 0 Å². The van der Waals surface area contributed by atoms with Crippen LogP contribution in [0.3, 0.4) is 0 Å². The Kier molecular flexibility index (Phi) is 7.84. The second-order valence-corrected chi connectivity index (χ2v) is 5.16. The third-order valence-electron chi connectivity index (χ3n) is 2.83. The molecule has 0 heterocycles. The van der Waals surface area contributed by atoms with E-state index in [-0.39, 0.29) is 5.97 Å². The molecule has 1 rings (SSSR count). The minimum atomic E-state index is -0.584. The van der Waals surface area contributed by atoms with Crippen molar-refractivity contribution in [3.8, 4) is 5.75 Å². The van der Waals surface area contributed by atoms with Crippen LogP contribution in [0.2, 0.25) is 0 Å². The van der Waals surface area contributed by atoms with Crippen molar-refractivity contribution in [3.63, 3.8) is 0 Å². The van der Waals surface area contributed by atoms with Crippen LogP contribution in [0, 0.1) is 0 Å². The normalized spacial score (nSPS) is 11.6. The number of rotatable bonds is 7. The Balaban J connectivity index is 2.68. The quantitative estimate of drug-likeness (QED) is 0.567. The van der Waals surface area contributed by atoms with E-state index in [4.69, 9.17) is 26.4 Å². The molecule has 0 bridgehead atoms. The van der Waals surface area contributed by atoms with Gasteiger partial charge in [0.1, 0.15) is 5.75 Å². The van der Waals surface area contributed by atoms with Gasteiger partial charge in [0.25, 0.3) is 5.17 Å². The van der Waals surface area contributed by atoms with Gasteiger partial charge in [0, 0.05) is 27.1 Å². The largest absolute Gasteiger partial charge is 0.464 e. The highest BCUT2D eigenvalue weighted by Crippen LogP contribution is 2.15. The maximum Gasteiger partial charge on any atom is 0.335 e. The molecule has 0 fully saturated rings. The van der Waals surface area contributed by atoms with Crippen LogP contribution in [-0.4, -0.2) is 49.5 Å². The predicted octanol–water partition coefficient (Wildman–Crippen LogP) is 2.42. The number of benzene rings is 1. The third-order valence-corrected chi connectivity index (χ3v) is 3.28. The van der Waals surface area contributed by atoms with Gasteiger partial charge < -0.3 is 19.1 Å². The maximum atomic E-state index is 11.8. The minimum Gasteiger partial charge on any atom is -0.464 e. The van der Waals surface area contributed by atoms with Gasteiger partial charge in [-0.3, -0.25) is 0 Å². The zero-order valence-corrected chi connectivity index (χ0v) is 14.3. The highest BCUT2D eigenvalue weighted by Gasteiger charge is 2.20. The molecule has 5 nitrogen and oxygen atoms in total. The van der Waals surface area contributed by atoms with Gasteiger partial charge in [-0.15, -0.1) is 0 Å². The molecule has 0 radical (unpaired) electrons. The van der Waals surface area contributed by atoms with Gasteiger partial charge in [0.2, 0.25) is 0 Å². The number of hydrogen-bond donors (Lipinski definition) is 0. The third kappa shape index (κ3) is 5.99. The summed E-state index contributed by atoms with van der Waals surface area (Å²) in [6.45, 7) is 4.44. The van der Waals surface area contributed by atoms with Gasteiger partial charge in [-0.1, -0.05) is 12.1 Å². The van der Waals surface area contributed by atoms with Crippen molar-refractivity contribution in [3.05, 3.63) is 29.8 Å². The smallest absolute Gasteiger partial charge is 0.335 e. The van der Waals surface area contributed by atoms with E-state index < -0.39 is 6.10 Å². The fourth-order valence-electron chi connectivity index (χ4n) is 1.75. The first kappa shape index (κ1) is 18.4. The van der Waals surface area contributed by atoms with Gasteiger partial charge >= 0.3 is 5.97 Å². The fraction of sp³-hybridized carbons (Fsp3) is 0.500. The molecule has 0 saturated carbocycles. The zero-order valence-electron chi connectivity index (χ0n) is 13.5. The Morgan fingerprint density at radius 3 is 2.32 bits per heavy atom. The van der Waals surface area contributed by atoms with Crippen LogP contribution in [-0.2, 0) is 20.7 Å². The first-order chi connectivity index (χ1) is 10.5. The van der Waals surface area contributed by atoms with E-state index in [0.29, 0.717) is 30.6 Å². The lowest BCUT2D eigenvalue weighted by Crippen LogP contribution is -2.29. The van der Waals surface area contributed by atoms with E-state index in [1.165, 1.54) is 0 Å². The zero-order chi connectivity index (χ0) is 16.5. The summed E-state index contributed by atoms with van der Waals surface area (Å²) in [6, 6.07) is 7.41. The summed E-state index contributed by atoms with van der Waals surface area (Å²) in [5, 5.41) is 0.395. The second kappa shape index (κ2) is 9.38. The van der Waals surface area contributed by atoms with Crippen molar-refractivity contribution >= 4 is 23.4 Å². The molecule has 0 aliphatic heterocycles. The lowest BCUT2D eigenvalue weighted by atomic mass is 10.1. The average Bonchev–Trinajstić information content (AvgIpc) is 2.48. The van der Waals surface area contributed by atoms with Crippen LogP contribution < -0.4 is 4.74 Å². The molecule has 0 aromatic heterocycles. The standard InChI is InChI=1S/C16H23NO4S/c1-5-19-14(15(18)20-6-2)11-12-7-9-13(10-8-12)21-16(22)17(3)4/h7-10,14H,5-6,11H2,1-4H3. The molecule has 0 aliphatic carbocycles. The molecule has 0 N–H and O–H groups in total. The molecule has 6 heteroatoms. The first-order valence-electron chi connectivity index (χ1n) is 7.24. The lowest BCUT2D eigenvalue weighted by Gasteiger charge is -2.16. The molecular formula is C16H23NO4S. The number of carbonyl (C=O) groups excluding carboxylic acids is 1. The number of thiocarbonyl (C=S) groups is 1. The van der Waals surface area contributed by atoms with Crippen molar-refractivity contribution in [2.75, 3.05) is 27.3 Å². The Labute approximate surface area is 137 Å². The summed E-state index contributed by atoms with van der Waals surface area (Å²) in [6.07, 6.45) is -0.120. The summed E-state index contributed by atoms with van der Waals surface area (Å²) in [7, 11) is 3.64. The van der Waals surface area contributed by atoms with E-state index in [1.54, 1.807) is 11.8 Å². The van der Waals surface area contributed by atoms with Gasteiger partial charge in [-0.2, -0.15) is 0 Å². The summed E-state index contributed by atoms with van der Waals surface area (Å²) in [5.41, 5.74) is 0.967. The van der Waals surface area contributed by atoms with Gasteiger partial charge in [-0.25, -0.2) is 4.79 Å². The maximum absolute atomic E-state index is 11.8. The number of esters is 1. The first-order valence-corrected chi connectivity index (χ1v) is 7.65. The monoisotopic (exact) mass is 325 g/mol. The highest BCUT2D eigenvalue weighted by molar-refractivity contribution is 7.80. The molecule has 0 amide bonds. The van der Waals surface area contributed by atoms with E-state index in [0.717, 1.165) is 5.56 Å². The Morgan fingerprint density at radius 1 is 1.18 bits per heavy atom. The SMILES string of the molecule is CCOC(=O)C(Cc1ccc(OC(=S)N(C)C)cc1)OCC. The van der Waals surface area contributed by atoms with Crippen molar-refractivity contribution in [1.82, 2.24) is 4.90 Å². The number of ether oxygens (including phenoxy) is 3. The Bertz CT molecular complexity index is 487. The van der Waals surface area contributed by atoms with Crippen LogP contribution in [0.5, 0.6) is 5.75 Å². The molecule has 0 spiro atoms. The molecule has 1 aromatic rings. The fourth-order valence-corrected chi connectivity index (χ4v) is 1.84. The molecule has 1 aromatic carbocycles. The van der Waals surface area contributed by atoms with Crippen molar-refractivity contribution in [2.24, 2.45) is 0 Å².